The van der Waals surface area contributed by atoms with Crippen molar-refractivity contribution < 1.29 is 4.79 Å². The summed E-state index contributed by atoms with van der Waals surface area (Å²) in [7, 11) is 0. The molecule has 7 heteroatoms. The normalized spacial score (nSPS) is 21.8. The van der Waals surface area contributed by atoms with Crippen LogP contribution in [0.4, 0.5) is 0 Å². The van der Waals surface area contributed by atoms with Crippen molar-refractivity contribution in [3.63, 3.8) is 0 Å². The highest BCUT2D eigenvalue weighted by atomic mass is 32.2. The van der Waals surface area contributed by atoms with Gasteiger partial charge in [-0.1, -0.05) is 31.0 Å². The molecule has 6 nitrogen and oxygen atoms in total. The second-order valence-corrected chi connectivity index (χ2v) is 7.56. The van der Waals surface area contributed by atoms with E-state index in [1.165, 1.54) is 11.8 Å². The SMILES string of the molecule is CC(Sc1nncn1C1CC1)C(=O)NC1(C#N)CCCCC1. The second kappa shape index (κ2) is 6.29. The molecule has 2 fully saturated rings. The van der Waals surface area contributed by atoms with Crippen molar-refractivity contribution in [3.05, 3.63) is 6.33 Å². The fourth-order valence-corrected chi connectivity index (χ4v) is 3.78. The van der Waals surface area contributed by atoms with E-state index in [2.05, 4.69) is 26.2 Å². The largest absolute Gasteiger partial charge is 0.337 e. The van der Waals surface area contributed by atoms with E-state index >= 15 is 0 Å². The number of nitrogens with one attached hydrogen (secondary N) is 1. The van der Waals surface area contributed by atoms with E-state index in [9.17, 15) is 10.1 Å². The molecule has 1 amide bonds. The van der Waals surface area contributed by atoms with E-state index in [-0.39, 0.29) is 11.2 Å². The lowest BCUT2D eigenvalue weighted by Gasteiger charge is -2.32. The zero-order chi connectivity index (χ0) is 15.6. The van der Waals surface area contributed by atoms with Crippen LogP contribution in [0, 0.1) is 11.3 Å². The van der Waals surface area contributed by atoms with Gasteiger partial charge >= 0.3 is 0 Å². The fourth-order valence-electron chi connectivity index (χ4n) is 2.89. The molecule has 2 aliphatic rings. The molecule has 118 valence electrons. The Morgan fingerprint density at radius 2 is 2.23 bits per heavy atom. The van der Waals surface area contributed by atoms with Crippen molar-refractivity contribution >= 4 is 17.7 Å². The van der Waals surface area contributed by atoms with Crippen LogP contribution < -0.4 is 5.32 Å². The molecule has 1 aromatic rings. The van der Waals surface area contributed by atoms with Gasteiger partial charge in [-0.25, -0.2) is 0 Å². The molecular formula is C15H21N5OS. The van der Waals surface area contributed by atoms with Crippen LogP contribution in [0.25, 0.3) is 0 Å². The van der Waals surface area contributed by atoms with Crippen molar-refractivity contribution in [2.75, 3.05) is 0 Å². The summed E-state index contributed by atoms with van der Waals surface area (Å²) in [6.07, 6.45) is 8.72. The van der Waals surface area contributed by atoms with Crippen LogP contribution in [0.3, 0.4) is 0 Å². The molecule has 1 heterocycles. The van der Waals surface area contributed by atoms with Crippen molar-refractivity contribution in [2.24, 2.45) is 0 Å². The van der Waals surface area contributed by atoms with E-state index < -0.39 is 5.54 Å². The molecule has 0 spiro atoms. The molecule has 2 saturated carbocycles. The summed E-state index contributed by atoms with van der Waals surface area (Å²) in [5.41, 5.74) is -0.672. The zero-order valence-electron chi connectivity index (χ0n) is 12.8. The molecular weight excluding hydrogens is 298 g/mol. The molecule has 1 aromatic heterocycles. The lowest BCUT2D eigenvalue weighted by Crippen LogP contribution is -2.50. The summed E-state index contributed by atoms with van der Waals surface area (Å²) in [6.45, 7) is 1.86. The molecule has 1 unspecified atom stereocenters. The van der Waals surface area contributed by atoms with Crippen molar-refractivity contribution in [3.8, 4) is 6.07 Å². The Morgan fingerprint density at radius 1 is 1.50 bits per heavy atom. The number of amides is 1. The minimum absolute atomic E-state index is 0.0844. The van der Waals surface area contributed by atoms with Crippen LogP contribution in [0.5, 0.6) is 0 Å². The highest BCUT2D eigenvalue weighted by Crippen LogP contribution is 2.38. The number of nitriles is 1. The van der Waals surface area contributed by atoms with Crippen molar-refractivity contribution in [2.45, 2.75) is 73.9 Å². The Morgan fingerprint density at radius 3 is 2.86 bits per heavy atom. The summed E-state index contributed by atoms with van der Waals surface area (Å²) in [5, 5.41) is 21.0. The summed E-state index contributed by atoms with van der Waals surface area (Å²) in [4.78, 5) is 12.5. The van der Waals surface area contributed by atoms with E-state index in [1.807, 2.05) is 6.92 Å². The average molecular weight is 319 g/mol. The van der Waals surface area contributed by atoms with Crippen molar-refractivity contribution in [1.29, 1.82) is 5.26 Å². The maximum Gasteiger partial charge on any atom is 0.234 e. The molecule has 0 bridgehead atoms. The van der Waals surface area contributed by atoms with Gasteiger partial charge in [0.1, 0.15) is 11.9 Å². The van der Waals surface area contributed by atoms with E-state index in [1.54, 1.807) is 6.33 Å². The minimum atomic E-state index is -0.672. The quantitative estimate of drug-likeness (QED) is 0.843. The molecule has 2 aliphatic carbocycles. The number of thioether (sulfide) groups is 1. The van der Waals surface area contributed by atoms with Crippen LogP contribution in [-0.4, -0.2) is 31.5 Å². The molecule has 22 heavy (non-hydrogen) atoms. The predicted octanol–water partition coefficient (Wildman–Crippen LogP) is 2.44. The smallest absolute Gasteiger partial charge is 0.234 e. The van der Waals surface area contributed by atoms with Gasteiger partial charge in [-0.3, -0.25) is 4.79 Å². The third-order valence-electron chi connectivity index (χ3n) is 4.42. The lowest BCUT2D eigenvalue weighted by atomic mass is 9.83. The third-order valence-corrected chi connectivity index (χ3v) is 5.49. The van der Waals surface area contributed by atoms with Crippen LogP contribution >= 0.6 is 11.8 Å². The van der Waals surface area contributed by atoms with Crippen LogP contribution in [0.1, 0.15) is 57.9 Å². The lowest BCUT2D eigenvalue weighted by molar-refractivity contribution is -0.121. The van der Waals surface area contributed by atoms with Gasteiger partial charge in [-0.2, -0.15) is 5.26 Å². The Hall–Kier alpha value is -1.55. The van der Waals surface area contributed by atoms with Gasteiger partial charge < -0.3 is 9.88 Å². The molecule has 0 aromatic carbocycles. The topological polar surface area (TPSA) is 83.6 Å². The molecule has 3 rings (SSSR count). The van der Waals surface area contributed by atoms with Gasteiger partial charge in [0.2, 0.25) is 5.91 Å². The molecule has 0 saturated heterocycles. The first kappa shape index (κ1) is 15.3. The van der Waals surface area contributed by atoms with Crippen LogP contribution in [0.15, 0.2) is 11.5 Å². The Bertz CT molecular complexity index is 583. The predicted molar refractivity (Wildman–Crippen MR) is 83.2 cm³/mol. The Balaban J connectivity index is 1.61. The summed E-state index contributed by atoms with van der Waals surface area (Å²) >= 11 is 1.42. The van der Waals surface area contributed by atoms with Crippen LogP contribution in [-0.2, 0) is 4.79 Å². The highest BCUT2D eigenvalue weighted by Gasteiger charge is 2.35. The molecule has 1 atom stereocenters. The molecule has 1 N–H and O–H groups in total. The Kier molecular flexibility index (Phi) is 4.39. The third kappa shape index (κ3) is 3.27. The first-order chi connectivity index (χ1) is 10.6. The maximum atomic E-state index is 12.5. The summed E-state index contributed by atoms with van der Waals surface area (Å²) in [5.74, 6) is -0.0844. The minimum Gasteiger partial charge on any atom is -0.337 e. The first-order valence-corrected chi connectivity index (χ1v) is 8.81. The number of aromatic nitrogens is 3. The zero-order valence-corrected chi connectivity index (χ0v) is 13.6. The van der Waals surface area contributed by atoms with E-state index in [4.69, 9.17) is 0 Å². The number of hydrogen-bond donors (Lipinski definition) is 1. The number of rotatable bonds is 5. The number of carbonyl (C=O) groups is 1. The van der Waals surface area contributed by atoms with Gasteiger partial charge in [0.05, 0.1) is 11.3 Å². The standard InChI is InChI=1S/C15H21N5OS/c1-11(22-14-19-17-10-20(14)12-5-6-12)13(21)18-15(9-16)7-3-2-4-8-15/h10-12H,2-8H2,1H3,(H,18,21). The van der Waals surface area contributed by atoms with Gasteiger partial charge in [-0.15, -0.1) is 10.2 Å². The van der Waals surface area contributed by atoms with Crippen molar-refractivity contribution in [1.82, 2.24) is 20.1 Å². The maximum absolute atomic E-state index is 12.5. The highest BCUT2D eigenvalue weighted by molar-refractivity contribution is 8.00. The van der Waals surface area contributed by atoms with Crippen LogP contribution in [0.2, 0.25) is 0 Å². The summed E-state index contributed by atoms with van der Waals surface area (Å²) < 4.78 is 2.05. The van der Waals surface area contributed by atoms with Gasteiger partial charge in [0.25, 0.3) is 0 Å². The average Bonchev–Trinajstić information content (AvgIpc) is 3.28. The summed E-state index contributed by atoms with van der Waals surface area (Å²) in [6, 6.07) is 2.82. The number of carbonyl (C=O) groups excluding carboxylic acids is 1. The second-order valence-electron chi connectivity index (χ2n) is 6.26. The number of nitrogens with zero attached hydrogens (tertiary/aromatic N) is 4. The monoisotopic (exact) mass is 319 g/mol. The number of hydrogen-bond acceptors (Lipinski definition) is 5. The Labute approximate surface area is 134 Å². The van der Waals surface area contributed by atoms with E-state index in [0.29, 0.717) is 6.04 Å². The fraction of sp³-hybridized carbons (Fsp3) is 0.733. The van der Waals surface area contributed by atoms with Gasteiger partial charge in [-0.05, 0) is 32.6 Å². The molecule has 0 radical (unpaired) electrons. The first-order valence-electron chi connectivity index (χ1n) is 7.93. The molecule has 0 aliphatic heterocycles. The van der Waals surface area contributed by atoms with E-state index in [0.717, 1.165) is 50.1 Å². The van der Waals surface area contributed by atoms with Gasteiger partial charge in [0, 0.05) is 6.04 Å². The van der Waals surface area contributed by atoms with Gasteiger partial charge in [0.15, 0.2) is 5.16 Å².